The first-order chi connectivity index (χ1) is 13.2. The number of anilines is 1. The lowest BCUT2D eigenvalue weighted by Crippen LogP contribution is -2.00. The average Bonchev–Trinajstić information content (AvgIpc) is 2.69. The van der Waals surface area contributed by atoms with E-state index in [1.165, 1.54) is 0 Å². The van der Waals surface area contributed by atoms with E-state index in [0.717, 1.165) is 32.3 Å². The van der Waals surface area contributed by atoms with Gasteiger partial charge in [-0.25, -0.2) is 9.97 Å². The molecule has 0 amide bonds. The Morgan fingerprint density at radius 1 is 0.926 bits per heavy atom. The van der Waals surface area contributed by atoms with Crippen LogP contribution in [0.15, 0.2) is 82.4 Å². The number of benzene rings is 3. The molecule has 4 rings (SSSR count). The van der Waals surface area contributed by atoms with Crippen LogP contribution in [0.3, 0.4) is 0 Å². The van der Waals surface area contributed by atoms with Crippen LogP contribution in [0.5, 0.6) is 0 Å². The smallest absolute Gasteiger partial charge is 0.173 e. The van der Waals surface area contributed by atoms with Gasteiger partial charge >= 0.3 is 0 Å². The van der Waals surface area contributed by atoms with E-state index in [4.69, 9.17) is 16.6 Å². The van der Waals surface area contributed by atoms with Gasteiger partial charge in [-0.2, -0.15) is 5.10 Å². The molecule has 27 heavy (non-hydrogen) atoms. The summed E-state index contributed by atoms with van der Waals surface area (Å²) < 4.78 is 0.957. The summed E-state index contributed by atoms with van der Waals surface area (Å²) in [5.41, 5.74) is 6.32. The molecule has 1 heterocycles. The minimum Gasteiger partial charge on any atom is -0.278 e. The number of rotatable bonds is 4. The number of nitrogens with zero attached hydrogens (tertiary/aromatic N) is 3. The first-order valence-corrected chi connectivity index (χ1v) is 9.44. The Morgan fingerprint density at radius 3 is 2.52 bits per heavy atom. The summed E-state index contributed by atoms with van der Waals surface area (Å²) in [6, 6.07) is 23.3. The lowest BCUT2D eigenvalue weighted by Gasteiger charge is -2.09. The summed E-state index contributed by atoms with van der Waals surface area (Å²) in [7, 11) is 0. The van der Waals surface area contributed by atoms with Gasteiger partial charge in [-0.3, -0.25) is 5.43 Å². The van der Waals surface area contributed by atoms with Crippen molar-refractivity contribution in [1.82, 2.24) is 9.97 Å². The number of hydrogen-bond acceptors (Lipinski definition) is 4. The Kier molecular flexibility index (Phi) is 5.14. The Labute approximate surface area is 170 Å². The van der Waals surface area contributed by atoms with Crippen molar-refractivity contribution in [3.05, 3.63) is 88.1 Å². The van der Waals surface area contributed by atoms with Crippen LogP contribution in [0.25, 0.3) is 22.2 Å². The highest BCUT2D eigenvalue weighted by Gasteiger charge is 2.12. The van der Waals surface area contributed by atoms with Crippen molar-refractivity contribution < 1.29 is 0 Å². The van der Waals surface area contributed by atoms with Crippen molar-refractivity contribution in [3.8, 4) is 11.3 Å². The number of halogens is 2. The Morgan fingerprint density at radius 2 is 1.70 bits per heavy atom. The van der Waals surface area contributed by atoms with Crippen LogP contribution in [0.4, 0.5) is 5.69 Å². The number of hydrogen-bond donors (Lipinski definition) is 1. The normalized spacial score (nSPS) is 11.2. The van der Waals surface area contributed by atoms with Crippen LogP contribution in [0, 0.1) is 0 Å². The van der Waals surface area contributed by atoms with Gasteiger partial charge in [-0.15, -0.1) is 0 Å². The SMILES string of the molecule is Clc1ccccc1-c1nc(/C=N/Nc2ccccc2)nc2ccc(Br)cc12. The summed E-state index contributed by atoms with van der Waals surface area (Å²) in [5.74, 6) is 0.503. The van der Waals surface area contributed by atoms with Gasteiger partial charge in [0.15, 0.2) is 5.82 Å². The molecule has 0 radical (unpaired) electrons. The standard InChI is InChI=1S/C21H14BrClN4/c22-14-10-11-19-17(12-14)21(16-8-4-5-9-18(16)23)26-20(25-19)13-24-27-15-6-2-1-3-7-15/h1-13,27H/b24-13+. The highest BCUT2D eigenvalue weighted by molar-refractivity contribution is 9.10. The molecule has 132 valence electrons. The van der Waals surface area contributed by atoms with E-state index >= 15 is 0 Å². The van der Waals surface area contributed by atoms with Gasteiger partial charge in [0, 0.05) is 20.4 Å². The largest absolute Gasteiger partial charge is 0.278 e. The van der Waals surface area contributed by atoms with Gasteiger partial charge in [-0.1, -0.05) is 63.9 Å². The van der Waals surface area contributed by atoms with Crippen LogP contribution in [-0.2, 0) is 0 Å². The molecule has 3 aromatic carbocycles. The van der Waals surface area contributed by atoms with Crippen molar-refractivity contribution in [1.29, 1.82) is 0 Å². The molecule has 0 spiro atoms. The molecule has 0 atom stereocenters. The fourth-order valence-corrected chi connectivity index (χ4v) is 3.30. The third-order valence-electron chi connectivity index (χ3n) is 3.95. The second kappa shape index (κ2) is 7.86. The topological polar surface area (TPSA) is 50.2 Å². The maximum Gasteiger partial charge on any atom is 0.173 e. The third-order valence-corrected chi connectivity index (χ3v) is 4.77. The Bertz CT molecular complexity index is 1130. The van der Waals surface area contributed by atoms with Crippen molar-refractivity contribution >= 4 is 50.3 Å². The van der Waals surface area contributed by atoms with Crippen LogP contribution >= 0.6 is 27.5 Å². The van der Waals surface area contributed by atoms with Crippen LogP contribution in [-0.4, -0.2) is 16.2 Å². The zero-order valence-corrected chi connectivity index (χ0v) is 16.4. The molecule has 4 nitrogen and oxygen atoms in total. The molecule has 0 aliphatic carbocycles. The van der Waals surface area contributed by atoms with Gasteiger partial charge in [0.05, 0.1) is 23.1 Å². The fourth-order valence-electron chi connectivity index (χ4n) is 2.71. The predicted octanol–water partition coefficient (Wildman–Crippen LogP) is 6.16. The number of fused-ring (bicyclic) bond motifs is 1. The van der Waals surface area contributed by atoms with Gasteiger partial charge in [0.25, 0.3) is 0 Å². The first kappa shape index (κ1) is 17.6. The van der Waals surface area contributed by atoms with Gasteiger partial charge in [0.1, 0.15) is 0 Å². The van der Waals surface area contributed by atoms with Crippen molar-refractivity contribution in [2.24, 2.45) is 5.10 Å². The van der Waals surface area contributed by atoms with E-state index in [1.807, 2.05) is 72.8 Å². The van der Waals surface area contributed by atoms with E-state index in [-0.39, 0.29) is 0 Å². The first-order valence-electron chi connectivity index (χ1n) is 8.27. The molecule has 0 fully saturated rings. The number of hydrazone groups is 1. The molecular weight excluding hydrogens is 424 g/mol. The summed E-state index contributed by atoms with van der Waals surface area (Å²) in [4.78, 5) is 9.30. The molecule has 0 bridgehead atoms. The molecule has 1 aromatic heterocycles. The van der Waals surface area contributed by atoms with Gasteiger partial charge in [-0.05, 0) is 36.4 Å². The minimum atomic E-state index is 0.503. The summed E-state index contributed by atoms with van der Waals surface area (Å²) >= 11 is 9.94. The second-order valence-electron chi connectivity index (χ2n) is 5.81. The van der Waals surface area contributed by atoms with Gasteiger partial charge in [0.2, 0.25) is 0 Å². The lowest BCUT2D eigenvalue weighted by atomic mass is 10.1. The van der Waals surface area contributed by atoms with E-state index < -0.39 is 0 Å². The fraction of sp³-hybridized carbons (Fsp3) is 0. The van der Waals surface area contributed by atoms with E-state index in [2.05, 4.69) is 31.4 Å². The number of aromatic nitrogens is 2. The van der Waals surface area contributed by atoms with Crippen LogP contribution in [0.1, 0.15) is 5.82 Å². The molecule has 4 aromatic rings. The molecule has 0 aliphatic heterocycles. The number of para-hydroxylation sites is 1. The van der Waals surface area contributed by atoms with E-state index in [9.17, 15) is 0 Å². The summed E-state index contributed by atoms with van der Waals surface area (Å²) in [5, 5.41) is 5.81. The van der Waals surface area contributed by atoms with Crippen LogP contribution < -0.4 is 5.43 Å². The maximum absolute atomic E-state index is 6.42. The molecule has 0 aliphatic rings. The minimum absolute atomic E-state index is 0.503. The molecule has 0 unspecified atom stereocenters. The third kappa shape index (κ3) is 3.99. The Hall–Kier alpha value is -2.76. The monoisotopic (exact) mass is 436 g/mol. The predicted molar refractivity (Wildman–Crippen MR) is 115 cm³/mol. The lowest BCUT2D eigenvalue weighted by molar-refractivity contribution is 1.19. The van der Waals surface area contributed by atoms with Crippen molar-refractivity contribution in [2.75, 3.05) is 5.43 Å². The molecule has 0 saturated carbocycles. The zero-order valence-electron chi connectivity index (χ0n) is 14.1. The molecule has 6 heteroatoms. The molecule has 1 N–H and O–H groups in total. The zero-order chi connectivity index (χ0) is 18.6. The highest BCUT2D eigenvalue weighted by atomic mass is 79.9. The van der Waals surface area contributed by atoms with Crippen molar-refractivity contribution in [2.45, 2.75) is 0 Å². The van der Waals surface area contributed by atoms with E-state index in [1.54, 1.807) is 6.21 Å². The van der Waals surface area contributed by atoms with Gasteiger partial charge < -0.3 is 0 Å². The maximum atomic E-state index is 6.42. The average molecular weight is 438 g/mol. The molecule has 0 saturated heterocycles. The summed E-state index contributed by atoms with van der Waals surface area (Å²) in [6.07, 6.45) is 1.61. The second-order valence-corrected chi connectivity index (χ2v) is 7.13. The quantitative estimate of drug-likeness (QED) is 0.307. The number of nitrogens with one attached hydrogen (secondary N) is 1. The summed E-state index contributed by atoms with van der Waals surface area (Å²) in [6.45, 7) is 0. The highest BCUT2D eigenvalue weighted by Crippen LogP contribution is 2.32. The molecular formula is C21H14BrClN4. The van der Waals surface area contributed by atoms with E-state index in [0.29, 0.717) is 10.8 Å². The Balaban J connectivity index is 1.78. The van der Waals surface area contributed by atoms with Crippen molar-refractivity contribution in [3.63, 3.8) is 0 Å². The van der Waals surface area contributed by atoms with Crippen LogP contribution in [0.2, 0.25) is 5.02 Å².